The number of imide groups is 1. The molecule has 1 heterocycles. The van der Waals surface area contributed by atoms with Gasteiger partial charge in [-0.05, 0) is 66.5 Å². The number of methoxy groups -OCH3 is 1. The van der Waals surface area contributed by atoms with Crippen LogP contribution >= 0.6 is 11.6 Å². The average molecular weight is 587 g/mol. The van der Waals surface area contributed by atoms with E-state index in [1.165, 1.54) is 4.90 Å². The van der Waals surface area contributed by atoms with Crippen LogP contribution in [0.15, 0.2) is 30.3 Å². The van der Waals surface area contributed by atoms with Gasteiger partial charge in [-0.15, -0.1) is 0 Å². The fourth-order valence-electron chi connectivity index (χ4n) is 6.63. The van der Waals surface area contributed by atoms with Crippen LogP contribution in [0.1, 0.15) is 67.7 Å². The van der Waals surface area contributed by atoms with Gasteiger partial charge in [-0.1, -0.05) is 36.6 Å². The monoisotopic (exact) mass is 586 g/mol. The van der Waals surface area contributed by atoms with Gasteiger partial charge >= 0.3 is 5.97 Å². The van der Waals surface area contributed by atoms with Crippen molar-refractivity contribution < 1.29 is 33.4 Å². The number of aliphatic carboxylic acids is 1. The number of nitrogens with zero attached hydrogens (tertiary/aromatic N) is 2. The van der Waals surface area contributed by atoms with Crippen LogP contribution in [0, 0.1) is 17.7 Å². The minimum atomic E-state index is -0.750. The molecule has 2 unspecified atom stereocenters. The number of amides is 2. The van der Waals surface area contributed by atoms with E-state index in [1.807, 2.05) is 24.3 Å². The van der Waals surface area contributed by atoms with E-state index in [2.05, 4.69) is 4.90 Å². The predicted molar refractivity (Wildman–Crippen MR) is 150 cm³/mol. The first kappa shape index (κ1) is 29.3. The highest BCUT2D eigenvalue weighted by Gasteiger charge is 2.36. The number of carboxylic acid groups (broad SMARTS) is 1. The molecule has 5 rings (SSSR count). The molecule has 2 fully saturated rings. The van der Waals surface area contributed by atoms with E-state index in [4.69, 9.17) is 21.1 Å². The lowest BCUT2D eigenvalue weighted by Crippen LogP contribution is -2.38. The largest absolute Gasteiger partial charge is 0.493 e. The van der Waals surface area contributed by atoms with Crippen LogP contribution in [-0.2, 0) is 27.3 Å². The molecule has 3 aliphatic rings. The number of benzene rings is 2. The van der Waals surface area contributed by atoms with Crippen molar-refractivity contribution in [1.29, 1.82) is 0 Å². The molecule has 1 saturated heterocycles. The molecule has 1 N–H and O–H groups in total. The van der Waals surface area contributed by atoms with Crippen molar-refractivity contribution in [2.24, 2.45) is 11.8 Å². The Hall–Kier alpha value is -3.17. The molecule has 2 amide bonds. The number of rotatable bonds is 11. The Morgan fingerprint density at radius 1 is 1.07 bits per heavy atom. The molecule has 3 atom stereocenters. The van der Waals surface area contributed by atoms with Gasteiger partial charge in [-0.2, -0.15) is 0 Å². The molecule has 2 aliphatic carbocycles. The van der Waals surface area contributed by atoms with Crippen LogP contribution in [0.25, 0.3) is 0 Å². The van der Waals surface area contributed by atoms with Gasteiger partial charge in [0.05, 0.1) is 24.6 Å². The molecule has 2 aromatic rings. The maximum Gasteiger partial charge on any atom is 0.306 e. The highest BCUT2D eigenvalue weighted by atomic mass is 35.5. The molecule has 10 heteroatoms. The van der Waals surface area contributed by atoms with Crippen LogP contribution in [0.5, 0.6) is 11.5 Å². The summed E-state index contributed by atoms with van der Waals surface area (Å²) >= 11 is 6.08. The molecule has 1 saturated carbocycles. The highest BCUT2D eigenvalue weighted by molar-refractivity contribution is 6.30. The zero-order valence-electron chi connectivity index (χ0n) is 23.2. The van der Waals surface area contributed by atoms with Crippen LogP contribution in [0.4, 0.5) is 4.39 Å². The normalized spacial score (nSPS) is 22.3. The Morgan fingerprint density at radius 2 is 1.83 bits per heavy atom. The summed E-state index contributed by atoms with van der Waals surface area (Å²) < 4.78 is 26.4. The topological polar surface area (TPSA) is 96.4 Å². The lowest BCUT2D eigenvalue weighted by Gasteiger charge is -2.37. The van der Waals surface area contributed by atoms with Gasteiger partial charge in [-0.3, -0.25) is 24.2 Å². The number of carbonyl (C=O) groups excluding carboxylic acids is 2. The van der Waals surface area contributed by atoms with Crippen molar-refractivity contribution in [3.63, 3.8) is 0 Å². The molecule has 0 aromatic heterocycles. The molecule has 2 aromatic carbocycles. The second-order valence-corrected chi connectivity index (χ2v) is 11.6. The Labute approximate surface area is 244 Å². The van der Waals surface area contributed by atoms with E-state index in [-0.39, 0.29) is 60.6 Å². The Kier molecular flexibility index (Phi) is 9.14. The van der Waals surface area contributed by atoms with Gasteiger partial charge in [0.15, 0.2) is 11.5 Å². The van der Waals surface area contributed by atoms with E-state index in [0.29, 0.717) is 43.0 Å². The van der Waals surface area contributed by atoms with Gasteiger partial charge in [0, 0.05) is 32.0 Å². The van der Waals surface area contributed by atoms with Crippen molar-refractivity contribution in [2.45, 2.75) is 64.0 Å². The first-order valence-electron chi connectivity index (χ1n) is 14.3. The van der Waals surface area contributed by atoms with Gasteiger partial charge in [0.25, 0.3) is 0 Å². The lowest BCUT2D eigenvalue weighted by molar-refractivity contribution is -0.145. The summed E-state index contributed by atoms with van der Waals surface area (Å²) in [6, 6.07) is 9.07. The summed E-state index contributed by atoms with van der Waals surface area (Å²) in [7, 11) is 1.55. The van der Waals surface area contributed by atoms with Gasteiger partial charge in [0.1, 0.15) is 12.4 Å². The number of hydrogen-bond donors (Lipinski definition) is 1. The molecule has 1 aliphatic heterocycles. The second kappa shape index (κ2) is 12.8. The lowest BCUT2D eigenvalue weighted by atomic mass is 9.78. The van der Waals surface area contributed by atoms with E-state index in [9.17, 15) is 23.9 Å². The number of halogens is 2. The SMILES string of the molecule is COc1cc(CN(CC2CCCCC2C(=O)O)[C@H]2CCc3c2ccc(Cl)c3F)ccc1OCCN1C(=O)CCC1=O. The number of likely N-dealkylation sites (tertiary alicyclic amines) is 1. The molecule has 220 valence electrons. The Bertz CT molecular complexity index is 1300. The Balaban J connectivity index is 1.35. The van der Waals surface area contributed by atoms with Crippen molar-refractivity contribution >= 4 is 29.4 Å². The maximum absolute atomic E-state index is 14.9. The minimum Gasteiger partial charge on any atom is -0.493 e. The van der Waals surface area contributed by atoms with E-state index >= 15 is 0 Å². The van der Waals surface area contributed by atoms with E-state index in [0.717, 1.165) is 36.8 Å². The predicted octanol–water partition coefficient (Wildman–Crippen LogP) is 5.40. The summed E-state index contributed by atoms with van der Waals surface area (Å²) in [5.74, 6) is -0.848. The zero-order valence-corrected chi connectivity index (χ0v) is 24.0. The summed E-state index contributed by atoms with van der Waals surface area (Å²) in [5, 5.41) is 10.0. The van der Waals surface area contributed by atoms with Gasteiger partial charge in [-0.25, -0.2) is 4.39 Å². The number of hydrogen-bond acceptors (Lipinski definition) is 6. The van der Waals surface area contributed by atoms with Crippen molar-refractivity contribution in [3.05, 3.63) is 57.9 Å². The van der Waals surface area contributed by atoms with Crippen LogP contribution in [0.3, 0.4) is 0 Å². The van der Waals surface area contributed by atoms with E-state index in [1.54, 1.807) is 13.2 Å². The highest BCUT2D eigenvalue weighted by Crippen LogP contribution is 2.42. The third-order valence-electron chi connectivity index (χ3n) is 8.74. The third-order valence-corrected chi connectivity index (χ3v) is 9.03. The number of carbonyl (C=O) groups is 3. The molecule has 0 radical (unpaired) electrons. The zero-order chi connectivity index (χ0) is 29.1. The summed E-state index contributed by atoms with van der Waals surface area (Å²) in [6.45, 7) is 1.45. The smallest absolute Gasteiger partial charge is 0.306 e. The summed E-state index contributed by atoms with van der Waals surface area (Å²) in [5.41, 5.74) is 2.50. The average Bonchev–Trinajstić information content (AvgIpc) is 3.54. The minimum absolute atomic E-state index is 0.00274. The molecule has 0 bridgehead atoms. The first-order chi connectivity index (χ1) is 19.8. The molecule has 41 heavy (non-hydrogen) atoms. The quantitative estimate of drug-likeness (QED) is 0.352. The van der Waals surface area contributed by atoms with Crippen LogP contribution in [0.2, 0.25) is 5.02 Å². The number of fused-ring (bicyclic) bond motifs is 1. The number of carboxylic acids is 1. The van der Waals surface area contributed by atoms with Crippen LogP contribution < -0.4 is 9.47 Å². The molecule has 8 nitrogen and oxygen atoms in total. The standard InChI is InChI=1S/C31H36ClFN2O6/c1-40-27-16-19(6-11-26(27)41-15-14-35-28(36)12-13-29(35)37)17-34(18-20-4-2-3-5-21(20)31(38)39)25-10-8-23-22(25)7-9-24(32)30(23)33/h6-7,9,11,16,20-21,25H,2-5,8,10,12-15,17-18H2,1H3,(H,38,39)/t20?,21?,25-/m0/s1. The van der Waals surface area contributed by atoms with Crippen molar-refractivity contribution in [2.75, 3.05) is 26.8 Å². The maximum atomic E-state index is 14.9. The van der Waals surface area contributed by atoms with Crippen molar-refractivity contribution in [1.82, 2.24) is 9.80 Å². The van der Waals surface area contributed by atoms with Gasteiger partial charge in [0.2, 0.25) is 11.8 Å². The van der Waals surface area contributed by atoms with Crippen molar-refractivity contribution in [3.8, 4) is 11.5 Å². The van der Waals surface area contributed by atoms with Crippen LogP contribution in [-0.4, -0.2) is 59.5 Å². The molecular weight excluding hydrogens is 551 g/mol. The first-order valence-corrected chi connectivity index (χ1v) is 14.7. The molecular formula is C31H36ClFN2O6. The van der Waals surface area contributed by atoms with Gasteiger partial charge < -0.3 is 14.6 Å². The Morgan fingerprint density at radius 3 is 2.56 bits per heavy atom. The fourth-order valence-corrected chi connectivity index (χ4v) is 6.80. The second-order valence-electron chi connectivity index (χ2n) is 11.2. The number of ether oxygens (including phenoxy) is 2. The summed E-state index contributed by atoms with van der Waals surface area (Å²) in [6.07, 6.45) is 5.23. The van der Waals surface area contributed by atoms with E-state index < -0.39 is 11.9 Å². The summed E-state index contributed by atoms with van der Waals surface area (Å²) in [4.78, 5) is 39.3. The fraction of sp³-hybridized carbons (Fsp3) is 0.516. The third kappa shape index (κ3) is 6.36. The molecule has 0 spiro atoms.